The second-order valence-electron chi connectivity index (χ2n) is 5.69. The van der Waals surface area contributed by atoms with Crippen molar-refractivity contribution in [2.45, 2.75) is 37.8 Å². The summed E-state index contributed by atoms with van der Waals surface area (Å²) in [6, 6.07) is 9.29. The number of benzene rings is 1. The number of esters is 1. The van der Waals surface area contributed by atoms with Gasteiger partial charge in [-0.2, -0.15) is 5.26 Å². The van der Waals surface area contributed by atoms with Crippen molar-refractivity contribution in [2.75, 3.05) is 20.2 Å². The zero-order valence-electron chi connectivity index (χ0n) is 12.9. The molecule has 0 amide bonds. The number of carbonyl (C=O) groups is 1. The number of methoxy groups -OCH3 is 1. The third kappa shape index (κ3) is 4.30. The molecular formula is C17H22N2O3. The molecule has 22 heavy (non-hydrogen) atoms. The van der Waals surface area contributed by atoms with Crippen LogP contribution in [0.15, 0.2) is 24.3 Å². The highest BCUT2D eigenvalue weighted by molar-refractivity contribution is 5.71. The molecule has 0 heterocycles. The van der Waals surface area contributed by atoms with Crippen LogP contribution in [0.2, 0.25) is 0 Å². The van der Waals surface area contributed by atoms with Gasteiger partial charge in [-0.3, -0.25) is 9.69 Å². The minimum Gasteiger partial charge on any atom is -0.468 e. The highest BCUT2D eigenvalue weighted by Gasteiger charge is 2.26. The Morgan fingerprint density at radius 3 is 2.59 bits per heavy atom. The summed E-state index contributed by atoms with van der Waals surface area (Å²) in [4.78, 5) is 13.6. The lowest BCUT2D eigenvalue weighted by molar-refractivity contribution is -0.142. The van der Waals surface area contributed by atoms with Gasteiger partial charge in [-0.25, -0.2) is 0 Å². The van der Waals surface area contributed by atoms with Crippen LogP contribution in [0.5, 0.6) is 0 Å². The molecule has 2 rings (SSSR count). The molecule has 1 aliphatic rings. The van der Waals surface area contributed by atoms with E-state index in [0.717, 1.165) is 31.2 Å². The maximum atomic E-state index is 11.6. The molecular weight excluding hydrogens is 280 g/mol. The Kier molecular flexibility index (Phi) is 5.93. The summed E-state index contributed by atoms with van der Waals surface area (Å²) in [6.07, 6.45) is 3.75. The number of carbonyl (C=O) groups excluding carboxylic acids is 1. The van der Waals surface area contributed by atoms with Crippen molar-refractivity contribution in [2.24, 2.45) is 0 Å². The third-order valence-electron chi connectivity index (χ3n) is 4.23. The van der Waals surface area contributed by atoms with Crippen LogP contribution in [0.3, 0.4) is 0 Å². The lowest BCUT2D eigenvalue weighted by atomic mass is 10.1. The molecule has 1 fully saturated rings. The van der Waals surface area contributed by atoms with Gasteiger partial charge in [-0.05, 0) is 30.5 Å². The van der Waals surface area contributed by atoms with E-state index in [1.807, 2.05) is 4.90 Å². The van der Waals surface area contributed by atoms with Gasteiger partial charge in [0.1, 0.15) is 0 Å². The standard InChI is InChI=1S/C17H22N2O3/c1-22-17(21)12-19(15-4-2-3-5-15)11-16(20)14-8-6-13(10-18)7-9-14/h6-9,15-16,20H,2-5,11-12H2,1H3. The van der Waals surface area contributed by atoms with Gasteiger partial charge < -0.3 is 9.84 Å². The molecule has 1 unspecified atom stereocenters. The number of aliphatic hydroxyl groups is 1. The first-order chi connectivity index (χ1) is 10.6. The summed E-state index contributed by atoms with van der Waals surface area (Å²) in [5, 5.41) is 19.2. The predicted octanol–water partition coefficient (Wildman–Crippen LogP) is 2.01. The zero-order chi connectivity index (χ0) is 15.9. The van der Waals surface area contributed by atoms with Gasteiger partial charge in [0.05, 0.1) is 31.4 Å². The Bertz CT molecular complexity index is 530. The van der Waals surface area contributed by atoms with Crippen LogP contribution < -0.4 is 0 Å². The fourth-order valence-electron chi connectivity index (χ4n) is 2.95. The predicted molar refractivity (Wildman–Crippen MR) is 82.0 cm³/mol. The summed E-state index contributed by atoms with van der Waals surface area (Å²) in [7, 11) is 1.38. The van der Waals surface area contributed by atoms with Crippen molar-refractivity contribution < 1.29 is 14.6 Å². The number of aliphatic hydroxyl groups excluding tert-OH is 1. The van der Waals surface area contributed by atoms with E-state index in [4.69, 9.17) is 10.00 Å². The van der Waals surface area contributed by atoms with Gasteiger partial charge >= 0.3 is 5.97 Å². The maximum Gasteiger partial charge on any atom is 0.319 e. The first kappa shape index (κ1) is 16.5. The first-order valence-electron chi connectivity index (χ1n) is 7.63. The molecule has 1 aromatic rings. The number of ether oxygens (including phenoxy) is 1. The number of rotatable bonds is 6. The molecule has 0 aromatic heterocycles. The quantitative estimate of drug-likeness (QED) is 0.814. The maximum absolute atomic E-state index is 11.6. The second-order valence-corrected chi connectivity index (χ2v) is 5.69. The van der Waals surface area contributed by atoms with Crippen molar-refractivity contribution in [1.29, 1.82) is 5.26 Å². The van der Waals surface area contributed by atoms with Crippen LogP contribution in [-0.4, -0.2) is 42.2 Å². The third-order valence-corrected chi connectivity index (χ3v) is 4.23. The highest BCUT2D eigenvalue weighted by Crippen LogP contribution is 2.25. The van der Waals surface area contributed by atoms with Gasteiger partial charge in [0.15, 0.2) is 0 Å². The van der Waals surface area contributed by atoms with E-state index < -0.39 is 6.10 Å². The summed E-state index contributed by atoms with van der Waals surface area (Å²) in [5.41, 5.74) is 1.32. The normalized spacial score (nSPS) is 16.5. The van der Waals surface area contributed by atoms with Crippen LogP contribution in [0, 0.1) is 11.3 Å². The average Bonchev–Trinajstić information content (AvgIpc) is 3.08. The number of nitrogens with zero attached hydrogens (tertiary/aromatic N) is 2. The number of hydrogen-bond donors (Lipinski definition) is 1. The summed E-state index contributed by atoms with van der Waals surface area (Å²) in [6.45, 7) is 0.597. The van der Waals surface area contributed by atoms with Gasteiger partial charge in [-0.1, -0.05) is 25.0 Å². The van der Waals surface area contributed by atoms with E-state index in [1.165, 1.54) is 7.11 Å². The molecule has 5 heteroatoms. The van der Waals surface area contributed by atoms with Gasteiger partial charge in [0.25, 0.3) is 0 Å². The number of nitriles is 1. The minimum atomic E-state index is -0.682. The summed E-state index contributed by atoms with van der Waals surface area (Å²) >= 11 is 0. The fraction of sp³-hybridized carbons (Fsp3) is 0.529. The minimum absolute atomic E-state index is 0.203. The van der Waals surface area contributed by atoms with Crippen LogP contribution in [-0.2, 0) is 9.53 Å². The van der Waals surface area contributed by atoms with Crippen LogP contribution in [0.25, 0.3) is 0 Å². The van der Waals surface area contributed by atoms with E-state index in [1.54, 1.807) is 24.3 Å². The van der Waals surface area contributed by atoms with Gasteiger partial charge in [-0.15, -0.1) is 0 Å². The second kappa shape index (κ2) is 7.92. The molecule has 0 radical (unpaired) electrons. The molecule has 1 N–H and O–H groups in total. The molecule has 0 aliphatic heterocycles. The SMILES string of the molecule is COC(=O)CN(CC(O)c1ccc(C#N)cc1)C1CCCC1. The Hall–Kier alpha value is -1.90. The molecule has 0 bridgehead atoms. The topological polar surface area (TPSA) is 73.6 Å². The lowest BCUT2D eigenvalue weighted by Gasteiger charge is -2.29. The Morgan fingerprint density at radius 1 is 1.41 bits per heavy atom. The van der Waals surface area contributed by atoms with Crippen LogP contribution in [0.4, 0.5) is 0 Å². The fourth-order valence-corrected chi connectivity index (χ4v) is 2.95. The Labute approximate surface area is 131 Å². The zero-order valence-corrected chi connectivity index (χ0v) is 12.9. The first-order valence-corrected chi connectivity index (χ1v) is 7.63. The molecule has 1 saturated carbocycles. The molecule has 0 saturated heterocycles. The molecule has 5 nitrogen and oxygen atoms in total. The van der Waals surface area contributed by atoms with E-state index in [0.29, 0.717) is 18.2 Å². The van der Waals surface area contributed by atoms with Crippen molar-refractivity contribution in [3.63, 3.8) is 0 Å². The van der Waals surface area contributed by atoms with E-state index in [-0.39, 0.29) is 12.5 Å². The average molecular weight is 302 g/mol. The van der Waals surface area contributed by atoms with Crippen LogP contribution >= 0.6 is 0 Å². The molecule has 1 aliphatic carbocycles. The smallest absolute Gasteiger partial charge is 0.319 e. The number of hydrogen-bond acceptors (Lipinski definition) is 5. The summed E-state index contributed by atoms with van der Waals surface area (Å²) < 4.78 is 4.76. The molecule has 0 spiro atoms. The van der Waals surface area contributed by atoms with E-state index in [9.17, 15) is 9.90 Å². The van der Waals surface area contributed by atoms with E-state index in [2.05, 4.69) is 6.07 Å². The van der Waals surface area contributed by atoms with Crippen molar-refractivity contribution in [1.82, 2.24) is 4.90 Å². The molecule has 1 atom stereocenters. The Morgan fingerprint density at radius 2 is 2.05 bits per heavy atom. The Balaban J connectivity index is 2.04. The van der Waals surface area contributed by atoms with E-state index >= 15 is 0 Å². The monoisotopic (exact) mass is 302 g/mol. The molecule has 1 aromatic carbocycles. The van der Waals surface area contributed by atoms with Crippen LogP contribution in [0.1, 0.15) is 42.9 Å². The van der Waals surface area contributed by atoms with Gasteiger partial charge in [0, 0.05) is 12.6 Å². The lowest BCUT2D eigenvalue weighted by Crippen LogP contribution is -2.40. The van der Waals surface area contributed by atoms with Crippen molar-refractivity contribution >= 4 is 5.97 Å². The largest absolute Gasteiger partial charge is 0.468 e. The van der Waals surface area contributed by atoms with Crippen molar-refractivity contribution in [3.05, 3.63) is 35.4 Å². The highest BCUT2D eigenvalue weighted by atomic mass is 16.5. The summed E-state index contributed by atoms with van der Waals surface area (Å²) in [5.74, 6) is -0.279. The van der Waals surface area contributed by atoms with Gasteiger partial charge in [0.2, 0.25) is 0 Å². The molecule has 118 valence electrons. The van der Waals surface area contributed by atoms with Crippen molar-refractivity contribution in [3.8, 4) is 6.07 Å².